The van der Waals surface area contributed by atoms with Crippen molar-refractivity contribution in [3.05, 3.63) is 11.6 Å². The number of aliphatic hydroxyl groups excluding tert-OH is 1. The molecular formula is C14H27NO. The van der Waals surface area contributed by atoms with E-state index in [-0.39, 0.29) is 12.6 Å². The molecule has 3 unspecified atom stereocenters. The van der Waals surface area contributed by atoms with E-state index in [1.807, 2.05) is 0 Å². The summed E-state index contributed by atoms with van der Waals surface area (Å²) in [4.78, 5) is 0. The molecule has 1 rings (SSSR count). The molecule has 1 aliphatic rings. The fourth-order valence-electron chi connectivity index (χ4n) is 2.67. The maximum Gasteiger partial charge on any atom is 0.0587 e. The van der Waals surface area contributed by atoms with Crippen LogP contribution in [0, 0.1) is 17.8 Å². The molecule has 0 radical (unpaired) electrons. The Morgan fingerprint density at radius 3 is 2.69 bits per heavy atom. The van der Waals surface area contributed by atoms with Gasteiger partial charge in [-0.15, -0.1) is 0 Å². The zero-order valence-electron chi connectivity index (χ0n) is 11.2. The van der Waals surface area contributed by atoms with Crippen LogP contribution >= 0.6 is 0 Å². The van der Waals surface area contributed by atoms with Crippen LogP contribution in [-0.4, -0.2) is 24.3 Å². The van der Waals surface area contributed by atoms with Crippen LogP contribution in [0.3, 0.4) is 0 Å². The lowest BCUT2D eigenvalue weighted by Gasteiger charge is -2.32. The van der Waals surface area contributed by atoms with Gasteiger partial charge in [-0.05, 0) is 44.1 Å². The molecule has 0 saturated heterocycles. The van der Waals surface area contributed by atoms with E-state index in [4.69, 9.17) is 0 Å². The van der Waals surface area contributed by atoms with Crippen LogP contribution in [0.5, 0.6) is 0 Å². The Kier molecular flexibility index (Phi) is 5.50. The SMILES string of the molecule is CC1=CC(C)CC(C(CO)NCC(C)C)C1. The molecular weight excluding hydrogens is 198 g/mol. The molecule has 2 N–H and O–H groups in total. The summed E-state index contributed by atoms with van der Waals surface area (Å²) < 4.78 is 0. The first-order valence-electron chi connectivity index (χ1n) is 6.54. The Labute approximate surface area is 100 Å². The van der Waals surface area contributed by atoms with Crippen molar-refractivity contribution in [2.45, 2.75) is 46.6 Å². The molecule has 0 bridgehead atoms. The smallest absolute Gasteiger partial charge is 0.0587 e. The lowest BCUT2D eigenvalue weighted by Crippen LogP contribution is -2.42. The Balaban J connectivity index is 2.50. The van der Waals surface area contributed by atoms with E-state index in [9.17, 15) is 5.11 Å². The number of aliphatic hydroxyl groups is 1. The maximum absolute atomic E-state index is 9.48. The molecule has 0 aliphatic heterocycles. The average molecular weight is 225 g/mol. The summed E-state index contributed by atoms with van der Waals surface area (Å²) in [6.07, 6.45) is 4.71. The van der Waals surface area contributed by atoms with Gasteiger partial charge in [0.1, 0.15) is 0 Å². The van der Waals surface area contributed by atoms with E-state index >= 15 is 0 Å². The van der Waals surface area contributed by atoms with Crippen molar-refractivity contribution >= 4 is 0 Å². The standard InChI is InChI=1S/C14H27NO/c1-10(2)8-15-14(9-16)13-6-11(3)5-12(4)7-13/h5,10-11,13-16H,6-9H2,1-4H3. The fourth-order valence-corrected chi connectivity index (χ4v) is 2.67. The van der Waals surface area contributed by atoms with Gasteiger partial charge in [-0.1, -0.05) is 32.4 Å². The van der Waals surface area contributed by atoms with Gasteiger partial charge in [-0.2, -0.15) is 0 Å². The molecule has 0 saturated carbocycles. The van der Waals surface area contributed by atoms with E-state index in [0.717, 1.165) is 13.0 Å². The topological polar surface area (TPSA) is 32.3 Å². The summed E-state index contributed by atoms with van der Waals surface area (Å²) in [5.41, 5.74) is 1.48. The van der Waals surface area contributed by atoms with Gasteiger partial charge in [-0.3, -0.25) is 0 Å². The van der Waals surface area contributed by atoms with Gasteiger partial charge in [0.2, 0.25) is 0 Å². The number of hydrogen-bond acceptors (Lipinski definition) is 2. The zero-order valence-corrected chi connectivity index (χ0v) is 11.2. The highest BCUT2D eigenvalue weighted by atomic mass is 16.3. The van der Waals surface area contributed by atoms with Crippen molar-refractivity contribution in [2.75, 3.05) is 13.2 Å². The third-order valence-electron chi connectivity index (χ3n) is 3.38. The molecule has 0 aromatic heterocycles. The Hall–Kier alpha value is -0.340. The van der Waals surface area contributed by atoms with Gasteiger partial charge in [0, 0.05) is 6.04 Å². The highest BCUT2D eigenvalue weighted by molar-refractivity contribution is 5.07. The van der Waals surface area contributed by atoms with Crippen molar-refractivity contribution in [1.29, 1.82) is 0 Å². The van der Waals surface area contributed by atoms with E-state index in [0.29, 0.717) is 17.8 Å². The summed E-state index contributed by atoms with van der Waals surface area (Å²) in [6.45, 7) is 10.1. The minimum Gasteiger partial charge on any atom is -0.395 e. The quantitative estimate of drug-likeness (QED) is 0.705. The van der Waals surface area contributed by atoms with E-state index in [2.05, 4.69) is 39.1 Å². The van der Waals surface area contributed by atoms with Crippen molar-refractivity contribution in [1.82, 2.24) is 5.32 Å². The second-order valence-corrected chi connectivity index (χ2v) is 5.78. The molecule has 0 amide bonds. The Morgan fingerprint density at radius 1 is 1.50 bits per heavy atom. The summed E-state index contributed by atoms with van der Waals surface area (Å²) in [6, 6.07) is 0.272. The monoisotopic (exact) mass is 225 g/mol. The largest absolute Gasteiger partial charge is 0.395 e. The lowest BCUT2D eigenvalue weighted by atomic mass is 9.79. The van der Waals surface area contributed by atoms with Gasteiger partial charge >= 0.3 is 0 Å². The van der Waals surface area contributed by atoms with E-state index in [1.54, 1.807) is 0 Å². The van der Waals surface area contributed by atoms with Gasteiger partial charge in [-0.25, -0.2) is 0 Å². The summed E-state index contributed by atoms with van der Waals surface area (Å²) in [7, 11) is 0. The second-order valence-electron chi connectivity index (χ2n) is 5.78. The van der Waals surface area contributed by atoms with Crippen LogP contribution < -0.4 is 5.32 Å². The first-order chi connectivity index (χ1) is 7.52. The Morgan fingerprint density at radius 2 is 2.19 bits per heavy atom. The number of hydrogen-bond donors (Lipinski definition) is 2. The van der Waals surface area contributed by atoms with Gasteiger partial charge < -0.3 is 10.4 Å². The first kappa shape index (κ1) is 13.7. The average Bonchev–Trinajstić information content (AvgIpc) is 2.16. The normalized spacial score (nSPS) is 28.0. The highest BCUT2D eigenvalue weighted by Crippen LogP contribution is 2.30. The minimum atomic E-state index is 0.261. The van der Waals surface area contributed by atoms with Crippen molar-refractivity contribution in [3.8, 4) is 0 Å². The van der Waals surface area contributed by atoms with Crippen LogP contribution in [0.4, 0.5) is 0 Å². The van der Waals surface area contributed by atoms with E-state index in [1.165, 1.54) is 12.0 Å². The number of allylic oxidation sites excluding steroid dienone is 2. The van der Waals surface area contributed by atoms with Crippen LogP contribution in [-0.2, 0) is 0 Å². The minimum absolute atomic E-state index is 0.261. The molecule has 3 atom stereocenters. The molecule has 2 nitrogen and oxygen atoms in total. The molecule has 0 spiro atoms. The molecule has 94 valence electrons. The summed E-state index contributed by atoms with van der Waals surface area (Å²) in [5, 5.41) is 13.0. The number of nitrogens with one attached hydrogen (secondary N) is 1. The van der Waals surface area contributed by atoms with Crippen LogP contribution in [0.2, 0.25) is 0 Å². The molecule has 16 heavy (non-hydrogen) atoms. The third kappa shape index (κ3) is 4.26. The first-order valence-corrected chi connectivity index (χ1v) is 6.54. The second kappa shape index (κ2) is 6.41. The maximum atomic E-state index is 9.48. The molecule has 0 aromatic carbocycles. The van der Waals surface area contributed by atoms with Crippen LogP contribution in [0.1, 0.15) is 40.5 Å². The fraction of sp³-hybridized carbons (Fsp3) is 0.857. The summed E-state index contributed by atoms with van der Waals surface area (Å²) >= 11 is 0. The van der Waals surface area contributed by atoms with Gasteiger partial charge in [0.05, 0.1) is 6.61 Å². The molecule has 0 heterocycles. The van der Waals surface area contributed by atoms with Crippen molar-refractivity contribution in [3.63, 3.8) is 0 Å². The molecule has 1 aliphatic carbocycles. The van der Waals surface area contributed by atoms with Crippen molar-refractivity contribution < 1.29 is 5.11 Å². The van der Waals surface area contributed by atoms with Gasteiger partial charge in [0.15, 0.2) is 0 Å². The highest BCUT2D eigenvalue weighted by Gasteiger charge is 2.25. The predicted octanol–water partition coefficient (Wildman–Crippen LogP) is 2.59. The third-order valence-corrected chi connectivity index (χ3v) is 3.38. The summed E-state index contributed by atoms with van der Waals surface area (Å²) in [5.74, 6) is 1.91. The van der Waals surface area contributed by atoms with E-state index < -0.39 is 0 Å². The Bertz CT molecular complexity index is 235. The number of rotatable bonds is 5. The van der Waals surface area contributed by atoms with Crippen molar-refractivity contribution in [2.24, 2.45) is 17.8 Å². The van der Waals surface area contributed by atoms with Crippen LogP contribution in [0.25, 0.3) is 0 Å². The zero-order chi connectivity index (χ0) is 12.1. The molecule has 2 heteroatoms. The lowest BCUT2D eigenvalue weighted by molar-refractivity contribution is 0.178. The molecule has 0 fully saturated rings. The predicted molar refractivity (Wildman–Crippen MR) is 69.4 cm³/mol. The molecule has 0 aromatic rings. The van der Waals surface area contributed by atoms with Gasteiger partial charge in [0.25, 0.3) is 0 Å². The van der Waals surface area contributed by atoms with Crippen LogP contribution in [0.15, 0.2) is 11.6 Å².